The molecule has 100 valence electrons. The maximum absolute atomic E-state index is 5.82. The summed E-state index contributed by atoms with van der Waals surface area (Å²) in [5, 5.41) is 3.29. The Balaban J connectivity index is 2.17. The third-order valence-electron chi connectivity index (χ3n) is 2.80. The molecule has 0 amide bonds. The Morgan fingerprint density at radius 1 is 1.00 bits per heavy atom. The third-order valence-corrected chi connectivity index (χ3v) is 2.80. The highest BCUT2D eigenvalue weighted by atomic mass is 16.5. The number of benzene rings is 2. The molecule has 0 saturated heterocycles. The molecule has 0 fully saturated rings. The predicted molar refractivity (Wildman–Crippen MR) is 76.9 cm³/mol. The average molecular weight is 257 g/mol. The summed E-state index contributed by atoms with van der Waals surface area (Å²) in [4.78, 5) is 0. The number of hydrogen-bond donors (Lipinski definition) is 1. The van der Waals surface area contributed by atoms with Crippen molar-refractivity contribution in [2.24, 2.45) is 0 Å². The molecule has 0 saturated carbocycles. The van der Waals surface area contributed by atoms with Gasteiger partial charge in [0, 0.05) is 12.1 Å². The second kappa shape index (κ2) is 6.81. The van der Waals surface area contributed by atoms with Gasteiger partial charge >= 0.3 is 0 Å². The summed E-state index contributed by atoms with van der Waals surface area (Å²) in [5.41, 5.74) is 1.10. The van der Waals surface area contributed by atoms with Gasteiger partial charge in [0.05, 0.1) is 7.11 Å². The van der Waals surface area contributed by atoms with Gasteiger partial charge in [0.25, 0.3) is 0 Å². The predicted octanol–water partition coefficient (Wildman–Crippen LogP) is 3.60. The summed E-state index contributed by atoms with van der Waals surface area (Å²) in [7, 11) is 1.68. The summed E-state index contributed by atoms with van der Waals surface area (Å²) in [6, 6.07) is 15.6. The number of rotatable bonds is 6. The fraction of sp³-hybridized carbons (Fsp3) is 0.250. The highest BCUT2D eigenvalue weighted by molar-refractivity contribution is 5.42. The second-order valence-corrected chi connectivity index (χ2v) is 4.17. The molecule has 0 spiro atoms. The van der Waals surface area contributed by atoms with E-state index in [0.717, 1.165) is 35.9 Å². The third kappa shape index (κ3) is 3.73. The zero-order valence-electron chi connectivity index (χ0n) is 11.3. The molecule has 0 atom stereocenters. The van der Waals surface area contributed by atoms with Crippen LogP contribution in [-0.2, 0) is 6.54 Å². The van der Waals surface area contributed by atoms with E-state index in [4.69, 9.17) is 9.47 Å². The highest BCUT2D eigenvalue weighted by Gasteiger charge is 2.05. The van der Waals surface area contributed by atoms with Gasteiger partial charge in [-0.05, 0) is 36.9 Å². The van der Waals surface area contributed by atoms with Crippen LogP contribution in [0.2, 0.25) is 0 Å². The van der Waals surface area contributed by atoms with Crippen molar-refractivity contribution < 1.29 is 9.47 Å². The van der Waals surface area contributed by atoms with Gasteiger partial charge in [0.1, 0.15) is 17.2 Å². The maximum Gasteiger partial charge on any atom is 0.128 e. The van der Waals surface area contributed by atoms with Gasteiger partial charge in [0.2, 0.25) is 0 Å². The zero-order chi connectivity index (χ0) is 13.5. The van der Waals surface area contributed by atoms with Crippen LogP contribution in [0.5, 0.6) is 17.2 Å². The first-order chi connectivity index (χ1) is 9.33. The lowest BCUT2D eigenvalue weighted by molar-refractivity contribution is 0.405. The lowest BCUT2D eigenvalue weighted by Gasteiger charge is -2.12. The number of para-hydroxylation sites is 1. The van der Waals surface area contributed by atoms with Gasteiger partial charge in [-0.2, -0.15) is 0 Å². The molecule has 0 radical (unpaired) electrons. The van der Waals surface area contributed by atoms with Crippen LogP contribution in [0.15, 0.2) is 48.5 Å². The highest BCUT2D eigenvalue weighted by Crippen LogP contribution is 2.27. The molecular weight excluding hydrogens is 238 g/mol. The number of ether oxygens (including phenoxy) is 2. The van der Waals surface area contributed by atoms with E-state index in [0.29, 0.717) is 0 Å². The molecule has 0 aliphatic rings. The van der Waals surface area contributed by atoms with Crippen LogP contribution in [0.1, 0.15) is 12.5 Å². The number of methoxy groups -OCH3 is 1. The molecule has 2 aromatic carbocycles. The summed E-state index contributed by atoms with van der Waals surface area (Å²) < 4.78 is 11.2. The monoisotopic (exact) mass is 257 g/mol. The molecule has 0 unspecified atom stereocenters. The maximum atomic E-state index is 5.82. The summed E-state index contributed by atoms with van der Waals surface area (Å²) in [5.74, 6) is 2.53. The smallest absolute Gasteiger partial charge is 0.128 e. The average Bonchev–Trinajstić information content (AvgIpc) is 2.46. The molecule has 0 aliphatic carbocycles. The van der Waals surface area contributed by atoms with Crippen LogP contribution >= 0.6 is 0 Å². The van der Waals surface area contributed by atoms with Crippen molar-refractivity contribution in [3.8, 4) is 17.2 Å². The normalized spacial score (nSPS) is 10.2. The quantitative estimate of drug-likeness (QED) is 0.857. The van der Waals surface area contributed by atoms with Crippen molar-refractivity contribution >= 4 is 0 Å². The standard InChI is InChI=1S/C16H19NO2/c1-3-17-12-13-11-15(9-10-16(13)18-2)19-14-7-5-4-6-8-14/h4-11,17H,3,12H2,1-2H3. The van der Waals surface area contributed by atoms with Gasteiger partial charge in [-0.1, -0.05) is 25.1 Å². The van der Waals surface area contributed by atoms with Gasteiger partial charge in [-0.15, -0.1) is 0 Å². The van der Waals surface area contributed by atoms with Crippen molar-refractivity contribution in [3.05, 3.63) is 54.1 Å². The fourth-order valence-electron chi connectivity index (χ4n) is 1.84. The molecule has 3 heteroatoms. The Kier molecular flexibility index (Phi) is 4.81. The second-order valence-electron chi connectivity index (χ2n) is 4.17. The molecular formula is C16H19NO2. The van der Waals surface area contributed by atoms with Crippen LogP contribution < -0.4 is 14.8 Å². The van der Waals surface area contributed by atoms with Crippen molar-refractivity contribution in [3.63, 3.8) is 0 Å². The SMILES string of the molecule is CCNCc1cc(Oc2ccccc2)ccc1OC. The lowest BCUT2D eigenvalue weighted by Crippen LogP contribution is -2.12. The number of hydrogen-bond acceptors (Lipinski definition) is 3. The van der Waals surface area contributed by atoms with E-state index in [1.165, 1.54) is 0 Å². The summed E-state index contributed by atoms with van der Waals surface area (Å²) in [6.07, 6.45) is 0. The van der Waals surface area contributed by atoms with Gasteiger partial charge in [-0.3, -0.25) is 0 Å². The van der Waals surface area contributed by atoms with Crippen LogP contribution in [0, 0.1) is 0 Å². The molecule has 2 rings (SSSR count). The van der Waals surface area contributed by atoms with E-state index in [-0.39, 0.29) is 0 Å². The van der Waals surface area contributed by atoms with Gasteiger partial charge in [0.15, 0.2) is 0 Å². The molecule has 19 heavy (non-hydrogen) atoms. The Hall–Kier alpha value is -2.00. The summed E-state index contributed by atoms with van der Waals surface area (Å²) >= 11 is 0. The van der Waals surface area contributed by atoms with E-state index in [1.54, 1.807) is 7.11 Å². The Morgan fingerprint density at radius 3 is 2.47 bits per heavy atom. The van der Waals surface area contributed by atoms with Crippen molar-refractivity contribution in [1.82, 2.24) is 5.32 Å². The molecule has 1 N–H and O–H groups in total. The fourth-order valence-corrected chi connectivity index (χ4v) is 1.84. The van der Waals surface area contributed by atoms with E-state index in [9.17, 15) is 0 Å². The zero-order valence-corrected chi connectivity index (χ0v) is 11.3. The van der Waals surface area contributed by atoms with Gasteiger partial charge in [-0.25, -0.2) is 0 Å². The molecule has 0 heterocycles. The van der Waals surface area contributed by atoms with E-state index in [2.05, 4.69) is 12.2 Å². The molecule has 2 aromatic rings. The minimum absolute atomic E-state index is 0.770. The van der Waals surface area contributed by atoms with Crippen LogP contribution in [0.25, 0.3) is 0 Å². The lowest BCUT2D eigenvalue weighted by atomic mass is 10.2. The number of nitrogens with one attached hydrogen (secondary N) is 1. The first-order valence-corrected chi connectivity index (χ1v) is 6.44. The first-order valence-electron chi connectivity index (χ1n) is 6.44. The van der Waals surface area contributed by atoms with E-state index < -0.39 is 0 Å². The van der Waals surface area contributed by atoms with E-state index >= 15 is 0 Å². The first kappa shape index (κ1) is 13.4. The van der Waals surface area contributed by atoms with Crippen molar-refractivity contribution in [2.45, 2.75) is 13.5 Å². The van der Waals surface area contributed by atoms with Gasteiger partial charge < -0.3 is 14.8 Å². The minimum atomic E-state index is 0.770. The van der Waals surface area contributed by atoms with Crippen molar-refractivity contribution in [2.75, 3.05) is 13.7 Å². The van der Waals surface area contributed by atoms with E-state index in [1.807, 2.05) is 48.5 Å². The summed E-state index contributed by atoms with van der Waals surface area (Å²) in [6.45, 7) is 3.77. The molecule has 3 nitrogen and oxygen atoms in total. The largest absolute Gasteiger partial charge is 0.496 e. The Bertz CT molecular complexity index is 511. The molecule has 0 bridgehead atoms. The molecule has 0 aliphatic heterocycles. The molecule has 0 aromatic heterocycles. The topological polar surface area (TPSA) is 30.5 Å². The van der Waals surface area contributed by atoms with Crippen molar-refractivity contribution in [1.29, 1.82) is 0 Å². The van der Waals surface area contributed by atoms with Crippen LogP contribution in [-0.4, -0.2) is 13.7 Å². The Morgan fingerprint density at radius 2 is 1.79 bits per heavy atom. The Labute approximate surface area is 114 Å². The van der Waals surface area contributed by atoms with Crippen LogP contribution in [0.4, 0.5) is 0 Å². The van der Waals surface area contributed by atoms with Crippen LogP contribution in [0.3, 0.4) is 0 Å². The minimum Gasteiger partial charge on any atom is -0.496 e.